The van der Waals surface area contributed by atoms with Crippen molar-refractivity contribution in [3.8, 4) is 11.8 Å². The summed E-state index contributed by atoms with van der Waals surface area (Å²) in [6, 6.07) is 15.3. The van der Waals surface area contributed by atoms with Crippen LogP contribution in [0.1, 0.15) is 36.2 Å². The third-order valence-corrected chi connectivity index (χ3v) is 3.68. The van der Waals surface area contributed by atoms with Gasteiger partial charge in [0.05, 0.1) is 18.8 Å². The first-order chi connectivity index (χ1) is 13.6. The summed E-state index contributed by atoms with van der Waals surface area (Å²) in [5, 5.41) is 12.0. The Kier molecular flexibility index (Phi) is 7.79. The summed E-state index contributed by atoms with van der Waals surface area (Å²) >= 11 is 0. The Morgan fingerprint density at radius 1 is 1.07 bits per heavy atom. The lowest BCUT2D eigenvalue weighted by atomic mass is 10.1. The fourth-order valence-corrected chi connectivity index (χ4v) is 2.31. The first kappa shape index (κ1) is 20.7. The van der Waals surface area contributed by atoms with Crippen molar-refractivity contribution in [2.45, 2.75) is 20.3 Å². The number of esters is 1. The fourth-order valence-electron chi connectivity index (χ4n) is 2.31. The predicted octanol–water partition coefficient (Wildman–Crippen LogP) is 4.20. The van der Waals surface area contributed by atoms with Crippen molar-refractivity contribution in [2.24, 2.45) is 0 Å². The molecule has 0 atom stereocenters. The molecule has 1 N–H and O–H groups in total. The van der Waals surface area contributed by atoms with Crippen LogP contribution in [0.5, 0.6) is 5.75 Å². The van der Waals surface area contributed by atoms with Crippen LogP contribution in [0, 0.1) is 11.3 Å². The highest BCUT2D eigenvalue weighted by molar-refractivity contribution is 6.09. The summed E-state index contributed by atoms with van der Waals surface area (Å²) in [7, 11) is 0. The number of benzene rings is 2. The van der Waals surface area contributed by atoms with Crippen LogP contribution >= 0.6 is 0 Å². The number of nitrogens with zero attached hydrogens (tertiary/aromatic N) is 1. The van der Waals surface area contributed by atoms with E-state index in [0.717, 1.165) is 12.2 Å². The predicted molar refractivity (Wildman–Crippen MR) is 107 cm³/mol. The van der Waals surface area contributed by atoms with E-state index in [1.807, 2.05) is 19.9 Å². The number of carbonyl (C=O) groups is 2. The highest BCUT2D eigenvalue weighted by Crippen LogP contribution is 2.16. The first-order valence-electron chi connectivity index (χ1n) is 9.00. The Balaban J connectivity index is 2.05. The molecule has 6 nitrogen and oxygen atoms in total. The van der Waals surface area contributed by atoms with Crippen LogP contribution in [0.3, 0.4) is 0 Å². The van der Waals surface area contributed by atoms with Gasteiger partial charge in [0.25, 0.3) is 5.91 Å². The molecule has 0 aliphatic heterocycles. The molecule has 0 heterocycles. The summed E-state index contributed by atoms with van der Waals surface area (Å²) in [5.41, 5.74) is 1.56. The smallest absolute Gasteiger partial charge is 0.338 e. The molecule has 1 amide bonds. The quantitative estimate of drug-likeness (QED) is 0.422. The molecule has 0 saturated heterocycles. The van der Waals surface area contributed by atoms with Crippen LogP contribution in [0.25, 0.3) is 6.08 Å². The molecule has 28 heavy (non-hydrogen) atoms. The number of nitrogens with one attached hydrogen (secondary N) is 1. The van der Waals surface area contributed by atoms with Gasteiger partial charge >= 0.3 is 5.97 Å². The Morgan fingerprint density at radius 3 is 2.32 bits per heavy atom. The van der Waals surface area contributed by atoms with Gasteiger partial charge in [-0.15, -0.1) is 0 Å². The summed E-state index contributed by atoms with van der Waals surface area (Å²) in [4.78, 5) is 24.1. The van der Waals surface area contributed by atoms with Crippen molar-refractivity contribution in [3.63, 3.8) is 0 Å². The first-order valence-corrected chi connectivity index (χ1v) is 9.00. The minimum atomic E-state index is -0.530. The number of rotatable bonds is 8. The lowest BCUT2D eigenvalue weighted by Gasteiger charge is -2.07. The number of hydrogen-bond acceptors (Lipinski definition) is 5. The lowest BCUT2D eigenvalue weighted by Crippen LogP contribution is -2.13. The molecule has 0 bridgehead atoms. The van der Waals surface area contributed by atoms with Crippen LogP contribution < -0.4 is 10.1 Å². The topological polar surface area (TPSA) is 88.4 Å². The van der Waals surface area contributed by atoms with E-state index in [2.05, 4.69) is 5.32 Å². The third kappa shape index (κ3) is 5.99. The lowest BCUT2D eigenvalue weighted by molar-refractivity contribution is -0.112. The van der Waals surface area contributed by atoms with Crippen molar-refractivity contribution in [3.05, 3.63) is 65.2 Å². The highest BCUT2D eigenvalue weighted by atomic mass is 16.5. The van der Waals surface area contributed by atoms with Crippen molar-refractivity contribution in [1.29, 1.82) is 5.26 Å². The molecule has 0 unspecified atom stereocenters. The number of nitriles is 1. The zero-order chi connectivity index (χ0) is 20.4. The van der Waals surface area contributed by atoms with Crippen molar-refractivity contribution < 1.29 is 19.1 Å². The van der Waals surface area contributed by atoms with E-state index in [4.69, 9.17) is 9.47 Å². The minimum absolute atomic E-state index is 0.0319. The second kappa shape index (κ2) is 10.5. The Bertz CT molecular complexity index is 878. The van der Waals surface area contributed by atoms with Crippen molar-refractivity contribution >= 4 is 23.6 Å². The van der Waals surface area contributed by atoms with E-state index < -0.39 is 11.9 Å². The highest BCUT2D eigenvalue weighted by Gasteiger charge is 2.11. The van der Waals surface area contributed by atoms with Crippen molar-refractivity contribution in [2.75, 3.05) is 18.5 Å². The van der Waals surface area contributed by atoms with E-state index in [-0.39, 0.29) is 5.57 Å². The maximum atomic E-state index is 12.4. The van der Waals surface area contributed by atoms with Gasteiger partial charge in [0.2, 0.25) is 0 Å². The van der Waals surface area contributed by atoms with Gasteiger partial charge in [0.15, 0.2) is 0 Å². The fraction of sp³-hybridized carbons (Fsp3) is 0.227. The van der Waals surface area contributed by atoms with Gasteiger partial charge in [-0.1, -0.05) is 19.1 Å². The second-order valence-electron chi connectivity index (χ2n) is 5.84. The summed E-state index contributed by atoms with van der Waals surface area (Å²) in [5.74, 6) is -0.217. The van der Waals surface area contributed by atoms with Gasteiger partial charge < -0.3 is 14.8 Å². The van der Waals surface area contributed by atoms with Gasteiger partial charge in [-0.2, -0.15) is 5.26 Å². The summed E-state index contributed by atoms with van der Waals surface area (Å²) < 4.78 is 10.4. The Morgan fingerprint density at radius 2 is 1.75 bits per heavy atom. The second-order valence-corrected chi connectivity index (χ2v) is 5.84. The average molecular weight is 378 g/mol. The molecule has 0 aromatic heterocycles. The van der Waals surface area contributed by atoms with Gasteiger partial charge in [-0.25, -0.2) is 4.79 Å². The van der Waals surface area contributed by atoms with E-state index >= 15 is 0 Å². The molecule has 2 rings (SSSR count). The average Bonchev–Trinajstić information content (AvgIpc) is 2.72. The van der Waals surface area contributed by atoms with E-state index in [1.165, 1.54) is 6.08 Å². The van der Waals surface area contributed by atoms with Gasteiger partial charge in [-0.05, 0) is 61.4 Å². The molecule has 0 saturated carbocycles. The van der Waals surface area contributed by atoms with E-state index in [1.54, 1.807) is 48.5 Å². The van der Waals surface area contributed by atoms with Crippen molar-refractivity contribution in [1.82, 2.24) is 0 Å². The van der Waals surface area contributed by atoms with Gasteiger partial charge in [0, 0.05) is 5.69 Å². The molecule has 0 aliphatic rings. The number of hydrogen-bond donors (Lipinski definition) is 1. The SMILES string of the molecule is CCCOC(=O)c1ccc(NC(=O)/C(C#N)=C/c2ccc(OCC)cc2)cc1. The molecule has 144 valence electrons. The summed E-state index contributed by atoms with van der Waals surface area (Å²) in [6.07, 6.45) is 2.25. The number of amides is 1. The molecule has 2 aromatic carbocycles. The standard InChI is InChI=1S/C22H22N2O4/c1-3-13-28-22(26)17-7-9-19(10-8-17)24-21(25)18(15-23)14-16-5-11-20(12-6-16)27-4-2/h5-12,14H,3-4,13H2,1-2H3,(H,24,25)/b18-14+. The molecule has 0 fully saturated rings. The van der Waals surface area contributed by atoms with Crippen LogP contribution in [0.2, 0.25) is 0 Å². The molecular weight excluding hydrogens is 356 g/mol. The molecule has 6 heteroatoms. The van der Waals surface area contributed by atoms with Crippen LogP contribution in [0.4, 0.5) is 5.69 Å². The Labute approximate surface area is 164 Å². The number of carbonyl (C=O) groups excluding carboxylic acids is 2. The molecule has 0 spiro atoms. The van der Waals surface area contributed by atoms with Crippen LogP contribution in [-0.4, -0.2) is 25.1 Å². The zero-order valence-corrected chi connectivity index (χ0v) is 15.9. The van der Waals surface area contributed by atoms with Crippen LogP contribution in [0.15, 0.2) is 54.1 Å². The van der Waals surface area contributed by atoms with Gasteiger partial charge in [0.1, 0.15) is 17.4 Å². The molecule has 0 radical (unpaired) electrons. The van der Waals surface area contributed by atoms with E-state index in [0.29, 0.717) is 30.0 Å². The van der Waals surface area contributed by atoms with Crippen LogP contribution in [-0.2, 0) is 9.53 Å². The summed E-state index contributed by atoms with van der Waals surface area (Å²) in [6.45, 7) is 4.74. The Hall–Kier alpha value is -3.59. The maximum absolute atomic E-state index is 12.4. The maximum Gasteiger partial charge on any atom is 0.338 e. The molecular formula is C22H22N2O4. The minimum Gasteiger partial charge on any atom is -0.494 e. The zero-order valence-electron chi connectivity index (χ0n) is 15.9. The monoisotopic (exact) mass is 378 g/mol. The normalized spacial score (nSPS) is 10.7. The third-order valence-electron chi connectivity index (χ3n) is 3.68. The molecule has 0 aliphatic carbocycles. The molecule has 2 aromatic rings. The number of anilines is 1. The number of ether oxygens (including phenoxy) is 2. The van der Waals surface area contributed by atoms with E-state index in [9.17, 15) is 14.9 Å². The van der Waals surface area contributed by atoms with Gasteiger partial charge in [-0.3, -0.25) is 4.79 Å². The largest absolute Gasteiger partial charge is 0.494 e.